The molecule has 0 saturated heterocycles. The maximum atomic E-state index is 9.55. The maximum absolute atomic E-state index is 9.55. The van der Waals surface area contributed by atoms with E-state index in [2.05, 4.69) is 0 Å². The lowest BCUT2D eigenvalue weighted by molar-refractivity contribution is 0.908. The lowest BCUT2D eigenvalue weighted by atomic mass is 9.84. The number of para-hydroxylation sites is 2. The molecule has 232 valence electrons. The zero-order valence-electron chi connectivity index (χ0n) is 44.0. The van der Waals surface area contributed by atoms with Gasteiger partial charge in [0.15, 0.2) is 0 Å². The van der Waals surface area contributed by atoms with Gasteiger partial charge in [-0.1, -0.05) is 140 Å². The van der Waals surface area contributed by atoms with E-state index in [1.807, 2.05) is 41.8 Å². The number of aryl methyl sites for hydroxylation is 1. The fourth-order valence-electron chi connectivity index (χ4n) is 6.45. The van der Waals surface area contributed by atoms with Gasteiger partial charge in [-0.25, -0.2) is 4.98 Å². The number of benzene rings is 8. The third-order valence-electron chi connectivity index (χ3n) is 8.51. The van der Waals surface area contributed by atoms with Crippen molar-refractivity contribution in [3.05, 3.63) is 181 Å². The Labute approximate surface area is 311 Å². The first-order valence-corrected chi connectivity index (χ1v) is 15.6. The number of fused-ring (bicyclic) bond motifs is 3. The lowest BCUT2D eigenvalue weighted by Gasteiger charge is -2.20. The minimum atomic E-state index is -0.703. The lowest BCUT2D eigenvalue weighted by Crippen LogP contribution is -2.00. The van der Waals surface area contributed by atoms with Gasteiger partial charge >= 0.3 is 0 Å². The molecule has 1 aromatic heterocycles. The molecule has 0 N–H and O–H groups in total. The second-order valence-corrected chi connectivity index (χ2v) is 11.3. The smallest absolute Gasteiger partial charge is 0.114 e. The highest BCUT2D eigenvalue weighted by Crippen LogP contribution is 2.45. The predicted molar refractivity (Wildman–Crippen MR) is 207 cm³/mol. The molecule has 0 aliphatic carbocycles. The van der Waals surface area contributed by atoms with Gasteiger partial charge in [0.25, 0.3) is 0 Å². The average Bonchev–Trinajstić information content (AvgIpc) is 3.71. The van der Waals surface area contributed by atoms with Crippen LogP contribution in [0.5, 0.6) is 0 Å². The molecule has 0 aliphatic heterocycles. The Morgan fingerprint density at radius 2 is 1.00 bits per heavy atom. The van der Waals surface area contributed by atoms with Crippen LogP contribution in [0.15, 0.2) is 175 Å². The van der Waals surface area contributed by atoms with Crippen LogP contribution in [-0.4, -0.2) is 9.55 Å². The Hall–Kier alpha value is -6.25. The second kappa shape index (κ2) is 12.1. The molecular weight excluding hydrogens is 593 g/mol. The molecule has 9 aromatic rings. The van der Waals surface area contributed by atoms with E-state index in [9.17, 15) is 5.48 Å². The summed E-state index contributed by atoms with van der Waals surface area (Å²) in [6.45, 7) is 1.95. The zero-order chi connectivity index (χ0) is 48.4. The molecule has 0 atom stereocenters. The summed E-state index contributed by atoms with van der Waals surface area (Å²) in [5.74, 6) is 0.709. The molecule has 0 amide bonds. The van der Waals surface area contributed by atoms with Crippen LogP contribution in [0.2, 0.25) is 0 Å². The molecule has 0 saturated carbocycles. The number of nitrogens with zero attached hydrogens (tertiary/aromatic N) is 2. The van der Waals surface area contributed by atoms with Gasteiger partial charge in [0, 0.05) is 12.1 Å². The van der Waals surface area contributed by atoms with Crippen LogP contribution in [0.1, 0.15) is 37.4 Å². The third-order valence-corrected chi connectivity index (χ3v) is 8.51. The Balaban J connectivity index is 1.52. The van der Waals surface area contributed by atoms with Crippen molar-refractivity contribution in [1.29, 1.82) is 0 Å². The van der Waals surface area contributed by atoms with Crippen LogP contribution in [0.4, 0.5) is 0 Å². The summed E-state index contributed by atoms with van der Waals surface area (Å²) in [5.41, 5.74) is 1.23. The van der Waals surface area contributed by atoms with Gasteiger partial charge in [-0.05, 0) is 109 Å². The fraction of sp³-hybridized carbons (Fsp3) is 0.0426. The molecule has 0 unspecified atom stereocenters. The molecule has 49 heavy (non-hydrogen) atoms. The summed E-state index contributed by atoms with van der Waals surface area (Å²) in [5, 5.41) is -0.702. The highest BCUT2D eigenvalue weighted by molar-refractivity contribution is 6.21. The summed E-state index contributed by atoms with van der Waals surface area (Å²) in [6.07, 6.45) is 0.535. The van der Waals surface area contributed by atoms with Crippen molar-refractivity contribution in [2.45, 2.75) is 13.3 Å². The van der Waals surface area contributed by atoms with E-state index in [1.54, 1.807) is 18.2 Å². The van der Waals surface area contributed by atoms with Crippen molar-refractivity contribution >= 4 is 32.6 Å². The summed E-state index contributed by atoms with van der Waals surface area (Å²) in [7, 11) is 0. The van der Waals surface area contributed by atoms with Crippen LogP contribution in [0.3, 0.4) is 0 Å². The molecule has 0 bridgehead atoms. The highest BCUT2D eigenvalue weighted by atomic mass is 15.1. The minimum Gasteiger partial charge on any atom is -0.296 e. The van der Waals surface area contributed by atoms with Crippen molar-refractivity contribution in [3.63, 3.8) is 0 Å². The number of imidazole rings is 1. The first-order valence-electron chi connectivity index (χ1n) is 24.6. The molecule has 9 rings (SSSR count). The van der Waals surface area contributed by atoms with Gasteiger partial charge in [0.2, 0.25) is 0 Å². The van der Waals surface area contributed by atoms with Crippen molar-refractivity contribution in [1.82, 2.24) is 9.55 Å². The Morgan fingerprint density at radius 3 is 1.57 bits per heavy atom. The number of rotatable bonds is 6. The van der Waals surface area contributed by atoms with E-state index in [0.29, 0.717) is 23.5 Å². The van der Waals surface area contributed by atoms with E-state index in [-0.39, 0.29) is 60.5 Å². The standard InChI is InChI=1S/C47H34N2/c1-2-45-48-43-26-13-14-27-44(43)49(45)38-21-15-20-34(31-38)46-39-22-9-11-24-41(39)47(42-25-12-10-23-40(42)46)37-29-35(32-16-5-3-6-17-32)28-36(30-37)33-18-7-4-8-19-33/h3-31H,2H2,1H3/i3D,4D,5D,6D,7D,8D,9D,10D,11D,12D,16D,17D,18D,19D,22D,23D,24D,25D. The van der Waals surface area contributed by atoms with E-state index < -0.39 is 109 Å². The van der Waals surface area contributed by atoms with Crippen LogP contribution in [0, 0.1) is 0 Å². The molecule has 0 spiro atoms. The maximum Gasteiger partial charge on any atom is 0.114 e. The zero-order valence-corrected chi connectivity index (χ0v) is 26.0. The van der Waals surface area contributed by atoms with Crippen molar-refractivity contribution in [2.24, 2.45) is 0 Å². The monoisotopic (exact) mass is 644 g/mol. The minimum absolute atomic E-state index is 0.0460. The molecule has 1 heterocycles. The van der Waals surface area contributed by atoms with Gasteiger partial charge in [-0.15, -0.1) is 0 Å². The van der Waals surface area contributed by atoms with Gasteiger partial charge in [-0.2, -0.15) is 0 Å². The number of aromatic nitrogens is 2. The van der Waals surface area contributed by atoms with Crippen LogP contribution in [-0.2, 0) is 6.42 Å². The van der Waals surface area contributed by atoms with Gasteiger partial charge in [0.05, 0.1) is 35.7 Å². The van der Waals surface area contributed by atoms with Crippen LogP contribution >= 0.6 is 0 Å². The summed E-state index contributed by atoms with van der Waals surface area (Å²) < 4.78 is 162. The molecular formula is C47H34N2. The number of hydrogen-bond acceptors (Lipinski definition) is 1. The fourth-order valence-corrected chi connectivity index (χ4v) is 6.45. The average molecular weight is 645 g/mol. The topological polar surface area (TPSA) is 17.8 Å². The third kappa shape index (κ3) is 5.01. The Morgan fingerprint density at radius 1 is 0.490 bits per heavy atom. The van der Waals surface area contributed by atoms with E-state index >= 15 is 0 Å². The Bertz CT molecular complexity index is 3450. The normalized spacial score (nSPS) is 16.6. The van der Waals surface area contributed by atoms with Gasteiger partial charge in [0.1, 0.15) is 5.82 Å². The molecule has 8 aromatic carbocycles. The van der Waals surface area contributed by atoms with Crippen molar-refractivity contribution in [2.75, 3.05) is 0 Å². The molecule has 0 fully saturated rings. The van der Waals surface area contributed by atoms with E-state index in [1.165, 1.54) is 18.2 Å². The quantitative estimate of drug-likeness (QED) is 0.165. The largest absolute Gasteiger partial charge is 0.296 e. The van der Waals surface area contributed by atoms with Crippen LogP contribution < -0.4 is 0 Å². The van der Waals surface area contributed by atoms with E-state index in [4.69, 9.17) is 24.2 Å². The van der Waals surface area contributed by atoms with Gasteiger partial charge in [-0.3, -0.25) is 4.57 Å². The summed E-state index contributed by atoms with van der Waals surface area (Å²) in [6, 6.07) is 6.60. The summed E-state index contributed by atoms with van der Waals surface area (Å²) >= 11 is 0. The predicted octanol–water partition coefficient (Wildman–Crippen LogP) is 12.6. The van der Waals surface area contributed by atoms with Crippen molar-refractivity contribution in [3.8, 4) is 50.2 Å². The SMILES string of the molecule is [2H]c1c([2H])c([2H])c(-c2cc(-c3c([2H])c([2H])c([2H])c([2H])c3[2H])cc(-c3c4c([2H])c([2H])c([2H])c([2H])c4c(-c4cccc(-n5c(CC)nc6ccccc65)c4)c4c([2H])c([2H])c([2H])c([2H])c34)c2)c([2H])c1[2H]. The molecule has 2 heteroatoms. The first kappa shape index (κ1) is 15.8. The first-order chi connectivity index (χ1) is 31.7. The molecule has 0 radical (unpaired) electrons. The van der Waals surface area contributed by atoms with Gasteiger partial charge < -0.3 is 0 Å². The van der Waals surface area contributed by atoms with E-state index in [0.717, 1.165) is 11.0 Å². The highest BCUT2D eigenvalue weighted by Gasteiger charge is 2.19. The molecule has 0 aliphatic rings. The molecule has 2 nitrogen and oxygen atoms in total. The van der Waals surface area contributed by atoms with Crippen LogP contribution in [0.25, 0.3) is 82.8 Å². The summed E-state index contributed by atoms with van der Waals surface area (Å²) in [4.78, 5) is 4.81. The van der Waals surface area contributed by atoms with Crippen molar-refractivity contribution < 1.29 is 24.7 Å². The Kier molecular flexibility index (Phi) is 3.89. The number of hydrogen-bond donors (Lipinski definition) is 0. The second-order valence-electron chi connectivity index (χ2n) is 11.3.